The lowest BCUT2D eigenvalue weighted by Gasteiger charge is -2.05. The van der Waals surface area contributed by atoms with E-state index in [1.54, 1.807) is 13.1 Å². The molecule has 0 aliphatic carbocycles. The third-order valence-electron chi connectivity index (χ3n) is 4.55. The van der Waals surface area contributed by atoms with E-state index in [4.69, 9.17) is 4.74 Å². The molecule has 0 radical (unpaired) electrons. The van der Waals surface area contributed by atoms with Crippen molar-refractivity contribution in [1.82, 2.24) is 9.61 Å². The van der Waals surface area contributed by atoms with Crippen LogP contribution in [0.25, 0.3) is 16.3 Å². The number of non-ortho nitro benzene ring substituents is 1. The number of esters is 1. The van der Waals surface area contributed by atoms with Crippen LogP contribution in [0.5, 0.6) is 0 Å². The van der Waals surface area contributed by atoms with Crippen LogP contribution in [0.1, 0.15) is 33.3 Å². The van der Waals surface area contributed by atoms with Gasteiger partial charge in [0, 0.05) is 28.5 Å². The third-order valence-corrected chi connectivity index (χ3v) is 4.55. The van der Waals surface area contributed by atoms with Crippen molar-refractivity contribution in [2.24, 2.45) is 0 Å². The number of hydrogen-bond donors (Lipinski definition) is 0. The lowest BCUT2D eigenvalue weighted by molar-refractivity contribution is -0.384. The molecule has 4 aromatic rings. The van der Waals surface area contributed by atoms with Crippen molar-refractivity contribution in [3.05, 3.63) is 87.7 Å². The molecule has 144 valence electrons. The lowest BCUT2D eigenvalue weighted by atomic mass is 10.1. The summed E-state index contributed by atoms with van der Waals surface area (Å²) in [7, 11) is 0. The molecular formula is C21H15N3O5. The van der Waals surface area contributed by atoms with Gasteiger partial charge in [0.2, 0.25) is 5.78 Å². The van der Waals surface area contributed by atoms with Crippen LogP contribution in [-0.4, -0.2) is 32.9 Å². The maximum absolute atomic E-state index is 13.1. The van der Waals surface area contributed by atoms with Crippen molar-refractivity contribution in [3.63, 3.8) is 0 Å². The number of benzene rings is 2. The van der Waals surface area contributed by atoms with Gasteiger partial charge in [-0.2, -0.15) is 5.10 Å². The first-order chi connectivity index (χ1) is 14.0. The second-order valence-corrected chi connectivity index (χ2v) is 6.29. The van der Waals surface area contributed by atoms with Crippen molar-refractivity contribution in [1.29, 1.82) is 0 Å². The summed E-state index contributed by atoms with van der Waals surface area (Å²) in [4.78, 5) is 36.2. The highest BCUT2D eigenvalue weighted by Crippen LogP contribution is 2.27. The number of ketones is 1. The Morgan fingerprint density at radius 2 is 1.93 bits per heavy atom. The maximum atomic E-state index is 13.1. The first kappa shape index (κ1) is 18.3. The fraction of sp³-hybridized carbons (Fsp3) is 0.0952. The largest absolute Gasteiger partial charge is 0.462 e. The van der Waals surface area contributed by atoms with Gasteiger partial charge in [-0.25, -0.2) is 9.31 Å². The van der Waals surface area contributed by atoms with Crippen molar-refractivity contribution >= 4 is 33.7 Å². The molecule has 8 heteroatoms. The van der Waals surface area contributed by atoms with Crippen molar-refractivity contribution in [3.8, 4) is 0 Å². The first-order valence-corrected chi connectivity index (χ1v) is 8.87. The summed E-state index contributed by atoms with van der Waals surface area (Å²) < 4.78 is 6.54. The molecule has 0 bridgehead atoms. The highest BCUT2D eigenvalue weighted by atomic mass is 16.6. The zero-order chi connectivity index (χ0) is 20.5. The topological polar surface area (TPSA) is 104 Å². The van der Waals surface area contributed by atoms with Crippen LogP contribution in [0.15, 0.2) is 60.8 Å². The number of nitro benzene ring substituents is 1. The molecule has 0 spiro atoms. The number of nitro groups is 1. The van der Waals surface area contributed by atoms with E-state index in [-0.39, 0.29) is 29.1 Å². The highest BCUT2D eigenvalue weighted by molar-refractivity contribution is 6.14. The predicted molar refractivity (Wildman–Crippen MR) is 105 cm³/mol. The molecule has 0 saturated carbocycles. The van der Waals surface area contributed by atoms with Gasteiger partial charge in [-0.1, -0.05) is 36.4 Å². The Hall–Kier alpha value is -4.07. The maximum Gasteiger partial charge on any atom is 0.340 e. The fourth-order valence-corrected chi connectivity index (χ4v) is 3.26. The molecule has 2 aromatic heterocycles. The van der Waals surface area contributed by atoms with Crippen molar-refractivity contribution < 1.29 is 19.2 Å². The SMILES string of the molecule is CCOC(=O)c1cc(C(=O)c2cccc([N+](=O)[O-])c2)n2ncc3ccccc3c12. The van der Waals surface area contributed by atoms with Crippen LogP contribution in [-0.2, 0) is 4.74 Å². The summed E-state index contributed by atoms with van der Waals surface area (Å²) in [6.07, 6.45) is 1.60. The Balaban J connectivity index is 1.97. The average molecular weight is 389 g/mol. The van der Waals surface area contributed by atoms with E-state index >= 15 is 0 Å². The van der Waals surface area contributed by atoms with Crippen molar-refractivity contribution in [2.45, 2.75) is 6.92 Å². The molecule has 0 aliphatic rings. The van der Waals surface area contributed by atoms with Crippen LogP contribution in [0.4, 0.5) is 5.69 Å². The van der Waals surface area contributed by atoms with E-state index < -0.39 is 16.7 Å². The molecule has 0 fully saturated rings. The molecule has 8 nitrogen and oxygen atoms in total. The number of rotatable bonds is 5. The number of ether oxygens (including phenoxy) is 1. The van der Waals surface area contributed by atoms with Gasteiger partial charge in [0.25, 0.3) is 5.69 Å². The van der Waals surface area contributed by atoms with E-state index in [9.17, 15) is 19.7 Å². The summed E-state index contributed by atoms with van der Waals surface area (Å²) in [5.74, 6) is -1.05. The minimum Gasteiger partial charge on any atom is -0.462 e. The van der Waals surface area contributed by atoms with E-state index in [2.05, 4.69) is 5.10 Å². The monoisotopic (exact) mass is 389 g/mol. The molecule has 29 heavy (non-hydrogen) atoms. The van der Waals surface area contributed by atoms with E-state index in [0.717, 1.165) is 10.8 Å². The summed E-state index contributed by atoms with van der Waals surface area (Å²) in [6, 6.07) is 14.2. The normalized spacial score (nSPS) is 10.9. The standard InChI is InChI=1S/C21H15N3O5/c1-2-29-21(26)17-11-18(20(25)13-7-5-8-15(10-13)24(27)28)23-19(17)16-9-4-3-6-14(16)12-22-23/h3-12H,2H2,1H3. The van der Waals surface area contributed by atoms with Gasteiger partial charge >= 0.3 is 5.97 Å². The number of aromatic nitrogens is 2. The fourth-order valence-electron chi connectivity index (χ4n) is 3.26. The summed E-state index contributed by atoms with van der Waals surface area (Å²) in [5.41, 5.74) is 0.722. The van der Waals surface area contributed by atoms with Gasteiger partial charge in [-0.15, -0.1) is 0 Å². The highest BCUT2D eigenvalue weighted by Gasteiger charge is 2.24. The average Bonchev–Trinajstić information content (AvgIpc) is 3.14. The van der Waals surface area contributed by atoms with Gasteiger partial charge in [0.1, 0.15) is 5.69 Å². The Bertz CT molecular complexity index is 1290. The number of carbonyl (C=O) groups is 2. The van der Waals surface area contributed by atoms with Gasteiger partial charge in [0.05, 0.1) is 28.8 Å². The van der Waals surface area contributed by atoms with Crippen molar-refractivity contribution in [2.75, 3.05) is 6.61 Å². The Labute approximate surface area is 164 Å². The molecule has 0 aliphatic heterocycles. The third kappa shape index (κ3) is 3.10. The lowest BCUT2D eigenvalue weighted by Crippen LogP contribution is -2.07. The Morgan fingerprint density at radius 1 is 1.14 bits per heavy atom. The molecular weight excluding hydrogens is 374 g/mol. The number of carbonyl (C=O) groups excluding carboxylic acids is 2. The smallest absolute Gasteiger partial charge is 0.340 e. The van der Waals surface area contributed by atoms with Gasteiger partial charge in [0.15, 0.2) is 0 Å². The van der Waals surface area contributed by atoms with E-state index in [0.29, 0.717) is 5.52 Å². The molecule has 0 atom stereocenters. The van der Waals surface area contributed by atoms with E-state index in [1.165, 1.54) is 34.8 Å². The minimum absolute atomic E-state index is 0.120. The quantitative estimate of drug-likeness (QED) is 0.223. The molecule has 4 rings (SSSR count). The molecule has 0 N–H and O–H groups in total. The molecule has 2 heterocycles. The number of hydrogen-bond acceptors (Lipinski definition) is 6. The van der Waals surface area contributed by atoms with Crippen LogP contribution < -0.4 is 0 Å². The van der Waals surface area contributed by atoms with Gasteiger partial charge in [-0.05, 0) is 13.0 Å². The van der Waals surface area contributed by atoms with Crippen LogP contribution in [0.3, 0.4) is 0 Å². The Morgan fingerprint density at radius 3 is 2.69 bits per heavy atom. The molecule has 0 saturated heterocycles. The summed E-state index contributed by atoms with van der Waals surface area (Å²) >= 11 is 0. The molecule has 0 unspecified atom stereocenters. The number of nitrogens with zero attached hydrogens (tertiary/aromatic N) is 3. The summed E-state index contributed by atoms with van der Waals surface area (Å²) in [5, 5.41) is 16.9. The van der Waals surface area contributed by atoms with Gasteiger partial charge < -0.3 is 4.74 Å². The Kier molecular flexibility index (Phi) is 4.52. The summed E-state index contributed by atoms with van der Waals surface area (Å²) in [6.45, 7) is 1.88. The predicted octanol–water partition coefficient (Wildman–Crippen LogP) is 3.80. The zero-order valence-corrected chi connectivity index (χ0v) is 15.4. The minimum atomic E-state index is -0.568. The van der Waals surface area contributed by atoms with Crippen LogP contribution in [0.2, 0.25) is 0 Å². The van der Waals surface area contributed by atoms with Crippen LogP contribution in [0, 0.1) is 10.1 Å². The van der Waals surface area contributed by atoms with Gasteiger partial charge in [-0.3, -0.25) is 14.9 Å². The van der Waals surface area contributed by atoms with E-state index in [1.807, 2.05) is 24.3 Å². The molecule has 0 amide bonds. The first-order valence-electron chi connectivity index (χ1n) is 8.87. The molecule has 2 aromatic carbocycles. The van der Waals surface area contributed by atoms with Crippen LogP contribution >= 0.6 is 0 Å². The number of fused-ring (bicyclic) bond motifs is 3. The second kappa shape index (κ2) is 7.16. The second-order valence-electron chi connectivity index (χ2n) is 6.29. The zero-order valence-electron chi connectivity index (χ0n) is 15.4.